The van der Waals surface area contributed by atoms with Crippen LogP contribution in [-0.4, -0.2) is 22.9 Å². The molecule has 0 aliphatic rings. The molecule has 1 unspecified atom stereocenters. The maximum atomic E-state index is 4.46. The molecule has 0 saturated heterocycles. The van der Waals surface area contributed by atoms with E-state index in [9.17, 15) is 0 Å². The molecule has 0 saturated carbocycles. The first-order valence-electron chi connectivity index (χ1n) is 7.01. The van der Waals surface area contributed by atoms with Crippen molar-refractivity contribution in [2.45, 2.75) is 32.2 Å². The number of aromatic nitrogens is 2. The molecular weight excluding hydrogens is 314 g/mol. The third-order valence-electron chi connectivity index (χ3n) is 3.73. The van der Waals surface area contributed by atoms with E-state index in [1.807, 2.05) is 25.7 Å². The summed E-state index contributed by atoms with van der Waals surface area (Å²) >= 11 is 3.64. The molecule has 1 aromatic heterocycles. The summed E-state index contributed by atoms with van der Waals surface area (Å²) in [6.45, 7) is 2.03. The predicted octanol–water partition coefficient (Wildman–Crippen LogP) is 3.25. The van der Waals surface area contributed by atoms with Gasteiger partial charge in [0.1, 0.15) is 0 Å². The van der Waals surface area contributed by atoms with Gasteiger partial charge < -0.3 is 5.32 Å². The number of nitrogens with one attached hydrogen (secondary N) is 1. The Balaban J connectivity index is 1.99. The van der Waals surface area contributed by atoms with Crippen LogP contribution in [0.4, 0.5) is 0 Å². The Bertz CT molecular complexity index is 548. The highest BCUT2D eigenvalue weighted by Crippen LogP contribution is 2.22. The van der Waals surface area contributed by atoms with Crippen molar-refractivity contribution < 1.29 is 0 Å². The van der Waals surface area contributed by atoms with E-state index in [1.165, 1.54) is 11.3 Å². The Morgan fingerprint density at radius 2 is 2.00 bits per heavy atom. The highest BCUT2D eigenvalue weighted by Gasteiger charge is 2.15. The summed E-state index contributed by atoms with van der Waals surface area (Å²) in [4.78, 5) is 0. The molecule has 1 atom stereocenters. The number of likely N-dealkylation sites (N-methyl/N-ethyl adjacent to an activating group) is 1. The molecule has 3 nitrogen and oxygen atoms in total. The highest BCUT2D eigenvalue weighted by atomic mass is 79.9. The van der Waals surface area contributed by atoms with Gasteiger partial charge in [-0.15, -0.1) is 0 Å². The summed E-state index contributed by atoms with van der Waals surface area (Å²) in [6, 6.07) is 11.1. The quantitative estimate of drug-likeness (QED) is 0.878. The molecule has 0 spiro atoms. The third-order valence-corrected chi connectivity index (χ3v) is 4.77. The van der Waals surface area contributed by atoms with Gasteiger partial charge in [0.05, 0.1) is 15.9 Å². The van der Waals surface area contributed by atoms with Crippen LogP contribution in [0.15, 0.2) is 34.8 Å². The van der Waals surface area contributed by atoms with Gasteiger partial charge in [-0.05, 0) is 48.3 Å². The maximum absolute atomic E-state index is 4.46. The standard InChI is InChI=1S/C16H22BrN3/c1-12-16(17)15(20(3)19-12)11-14(18-2)10-9-13-7-5-4-6-8-13/h4-8,14,18H,9-11H2,1-3H3. The second-order valence-electron chi connectivity index (χ2n) is 5.18. The van der Waals surface area contributed by atoms with Gasteiger partial charge in [0.25, 0.3) is 0 Å². The van der Waals surface area contributed by atoms with E-state index in [1.54, 1.807) is 0 Å². The molecule has 2 aromatic rings. The first-order chi connectivity index (χ1) is 9.61. The summed E-state index contributed by atoms with van der Waals surface area (Å²) in [7, 11) is 4.05. The number of hydrogen-bond acceptors (Lipinski definition) is 2. The Morgan fingerprint density at radius 1 is 1.30 bits per heavy atom. The first kappa shape index (κ1) is 15.3. The van der Waals surface area contributed by atoms with Gasteiger partial charge in [0.15, 0.2) is 0 Å². The Hall–Kier alpha value is -1.13. The van der Waals surface area contributed by atoms with Crippen molar-refractivity contribution in [2.24, 2.45) is 7.05 Å². The third kappa shape index (κ3) is 3.70. The lowest BCUT2D eigenvalue weighted by Crippen LogP contribution is -2.29. The topological polar surface area (TPSA) is 29.9 Å². The van der Waals surface area contributed by atoms with E-state index < -0.39 is 0 Å². The van der Waals surface area contributed by atoms with Crippen LogP contribution < -0.4 is 5.32 Å². The second-order valence-corrected chi connectivity index (χ2v) is 5.98. The van der Waals surface area contributed by atoms with Gasteiger partial charge in [-0.1, -0.05) is 30.3 Å². The molecule has 0 amide bonds. The van der Waals surface area contributed by atoms with Gasteiger partial charge in [0, 0.05) is 19.5 Å². The number of hydrogen-bond donors (Lipinski definition) is 1. The molecule has 0 aliphatic carbocycles. The normalized spacial score (nSPS) is 12.6. The fourth-order valence-electron chi connectivity index (χ4n) is 2.47. The SMILES string of the molecule is CNC(CCc1ccccc1)Cc1c(Br)c(C)nn1C. The minimum absolute atomic E-state index is 0.460. The van der Waals surface area contributed by atoms with E-state index in [0.717, 1.165) is 29.4 Å². The van der Waals surface area contributed by atoms with Crippen LogP contribution in [0, 0.1) is 6.92 Å². The van der Waals surface area contributed by atoms with Crippen molar-refractivity contribution >= 4 is 15.9 Å². The molecule has 1 heterocycles. The first-order valence-corrected chi connectivity index (χ1v) is 7.80. The minimum Gasteiger partial charge on any atom is -0.317 e. The summed E-state index contributed by atoms with van der Waals surface area (Å²) in [6.07, 6.45) is 3.21. The largest absolute Gasteiger partial charge is 0.317 e. The molecule has 0 radical (unpaired) electrons. The van der Waals surface area contributed by atoms with Gasteiger partial charge in [-0.2, -0.15) is 5.10 Å². The molecular formula is C16H22BrN3. The number of aryl methyl sites for hydroxylation is 3. The van der Waals surface area contributed by atoms with E-state index in [0.29, 0.717) is 6.04 Å². The van der Waals surface area contributed by atoms with Crippen molar-refractivity contribution in [3.05, 3.63) is 51.8 Å². The zero-order chi connectivity index (χ0) is 14.5. The summed E-state index contributed by atoms with van der Waals surface area (Å²) in [5.41, 5.74) is 3.71. The summed E-state index contributed by atoms with van der Waals surface area (Å²) in [5, 5.41) is 7.88. The van der Waals surface area contributed by atoms with E-state index in [2.05, 4.69) is 56.7 Å². The molecule has 0 fully saturated rings. The highest BCUT2D eigenvalue weighted by molar-refractivity contribution is 9.10. The monoisotopic (exact) mass is 335 g/mol. The lowest BCUT2D eigenvalue weighted by atomic mass is 10.0. The molecule has 0 aliphatic heterocycles. The van der Waals surface area contributed by atoms with Crippen molar-refractivity contribution in [1.29, 1.82) is 0 Å². The van der Waals surface area contributed by atoms with Crippen LogP contribution in [-0.2, 0) is 19.9 Å². The lowest BCUT2D eigenvalue weighted by molar-refractivity contribution is 0.502. The number of nitrogens with zero attached hydrogens (tertiary/aromatic N) is 2. The molecule has 0 bridgehead atoms. The maximum Gasteiger partial charge on any atom is 0.0738 e. The van der Waals surface area contributed by atoms with Crippen LogP contribution in [0.5, 0.6) is 0 Å². The Morgan fingerprint density at radius 3 is 2.55 bits per heavy atom. The lowest BCUT2D eigenvalue weighted by Gasteiger charge is -2.16. The summed E-state index contributed by atoms with van der Waals surface area (Å²) in [5.74, 6) is 0. The van der Waals surface area contributed by atoms with Gasteiger partial charge in [-0.3, -0.25) is 4.68 Å². The smallest absolute Gasteiger partial charge is 0.0738 e. The predicted molar refractivity (Wildman–Crippen MR) is 87.0 cm³/mol. The zero-order valence-electron chi connectivity index (χ0n) is 12.4. The molecule has 20 heavy (non-hydrogen) atoms. The van der Waals surface area contributed by atoms with Crippen LogP contribution in [0.2, 0.25) is 0 Å². The van der Waals surface area contributed by atoms with Crippen molar-refractivity contribution in [3.63, 3.8) is 0 Å². The Labute approximate surface area is 129 Å². The Kier molecular flexibility index (Phi) is 5.38. The van der Waals surface area contributed by atoms with Crippen LogP contribution in [0.25, 0.3) is 0 Å². The average molecular weight is 336 g/mol. The average Bonchev–Trinajstić information content (AvgIpc) is 2.70. The van der Waals surface area contributed by atoms with Crippen molar-refractivity contribution in [1.82, 2.24) is 15.1 Å². The summed E-state index contributed by atoms with van der Waals surface area (Å²) < 4.78 is 3.12. The van der Waals surface area contributed by atoms with Crippen LogP contribution in [0.1, 0.15) is 23.4 Å². The molecule has 1 N–H and O–H groups in total. The zero-order valence-corrected chi connectivity index (χ0v) is 13.9. The van der Waals surface area contributed by atoms with E-state index in [-0.39, 0.29) is 0 Å². The van der Waals surface area contributed by atoms with E-state index >= 15 is 0 Å². The molecule has 108 valence electrons. The molecule has 1 aromatic carbocycles. The number of rotatable bonds is 6. The van der Waals surface area contributed by atoms with Crippen molar-refractivity contribution in [3.8, 4) is 0 Å². The second kappa shape index (κ2) is 7.04. The molecule has 4 heteroatoms. The van der Waals surface area contributed by atoms with Gasteiger partial charge in [-0.25, -0.2) is 0 Å². The van der Waals surface area contributed by atoms with Gasteiger partial charge in [0.2, 0.25) is 0 Å². The van der Waals surface area contributed by atoms with E-state index in [4.69, 9.17) is 0 Å². The number of benzene rings is 1. The molecule has 2 rings (SSSR count). The van der Waals surface area contributed by atoms with Crippen LogP contribution >= 0.6 is 15.9 Å². The fourth-order valence-corrected chi connectivity index (χ4v) is 2.97. The minimum atomic E-state index is 0.460. The number of halogens is 1. The van der Waals surface area contributed by atoms with Crippen molar-refractivity contribution in [2.75, 3.05) is 7.05 Å². The fraction of sp³-hybridized carbons (Fsp3) is 0.438. The van der Waals surface area contributed by atoms with Gasteiger partial charge >= 0.3 is 0 Å². The van der Waals surface area contributed by atoms with Crippen LogP contribution in [0.3, 0.4) is 0 Å².